The monoisotopic (exact) mass is 398 g/mol. The molecule has 0 saturated carbocycles. The van der Waals surface area contributed by atoms with Crippen molar-refractivity contribution in [2.24, 2.45) is 0 Å². The quantitative estimate of drug-likeness (QED) is 0.831. The van der Waals surface area contributed by atoms with Crippen molar-refractivity contribution in [3.05, 3.63) is 58.6 Å². The molecule has 1 amide bonds. The van der Waals surface area contributed by atoms with Crippen molar-refractivity contribution < 1.29 is 22.7 Å². The van der Waals surface area contributed by atoms with Gasteiger partial charge in [-0.15, -0.1) is 0 Å². The number of carbonyl (C=O) groups excluding carboxylic acids is 1. The van der Waals surface area contributed by atoms with E-state index in [1.54, 1.807) is 12.1 Å². The van der Waals surface area contributed by atoms with Crippen molar-refractivity contribution >= 4 is 28.9 Å². The van der Waals surface area contributed by atoms with E-state index in [9.17, 15) is 18.0 Å². The molecule has 144 valence electrons. The molecule has 1 saturated heterocycles. The Bertz CT molecular complexity index is 821. The normalized spacial score (nSPS) is 14.9. The minimum atomic E-state index is -4.44. The fourth-order valence-corrected chi connectivity index (χ4v) is 3.10. The van der Waals surface area contributed by atoms with E-state index < -0.39 is 17.6 Å². The molecule has 2 aromatic carbocycles. The van der Waals surface area contributed by atoms with Crippen molar-refractivity contribution in [2.75, 3.05) is 36.5 Å². The number of rotatable bonds is 4. The van der Waals surface area contributed by atoms with E-state index >= 15 is 0 Å². The van der Waals surface area contributed by atoms with Crippen LogP contribution in [0.1, 0.15) is 11.1 Å². The highest BCUT2D eigenvalue weighted by Crippen LogP contribution is 2.31. The van der Waals surface area contributed by atoms with Crippen LogP contribution in [0, 0.1) is 0 Å². The lowest BCUT2D eigenvalue weighted by atomic mass is 10.1. The smallest absolute Gasteiger partial charge is 0.378 e. The highest BCUT2D eigenvalue weighted by Gasteiger charge is 2.30. The first-order chi connectivity index (χ1) is 12.8. The lowest BCUT2D eigenvalue weighted by Crippen LogP contribution is -2.36. The molecule has 0 unspecified atom stereocenters. The SMILES string of the molecule is O=C(Cc1cccc(C(F)(F)F)c1)Nc1cc(Cl)ccc1N1CCOCC1. The number of alkyl halides is 3. The third kappa shape index (κ3) is 5.14. The molecule has 4 nitrogen and oxygen atoms in total. The molecule has 27 heavy (non-hydrogen) atoms. The zero-order valence-electron chi connectivity index (χ0n) is 14.4. The Hall–Kier alpha value is -2.25. The van der Waals surface area contributed by atoms with E-state index in [1.165, 1.54) is 12.1 Å². The Morgan fingerprint density at radius 1 is 1.15 bits per heavy atom. The van der Waals surface area contributed by atoms with Crippen LogP contribution in [0.4, 0.5) is 24.5 Å². The van der Waals surface area contributed by atoms with Crippen LogP contribution in [-0.4, -0.2) is 32.2 Å². The molecule has 0 radical (unpaired) electrons. The molecular formula is C19H18ClF3N2O2. The van der Waals surface area contributed by atoms with Gasteiger partial charge >= 0.3 is 6.18 Å². The maximum atomic E-state index is 12.8. The summed E-state index contributed by atoms with van der Waals surface area (Å²) in [6, 6.07) is 9.94. The van der Waals surface area contributed by atoms with Gasteiger partial charge in [0.2, 0.25) is 5.91 Å². The van der Waals surface area contributed by atoms with Crippen molar-refractivity contribution in [1.29, 1.82) is 0 Å². The topological polar surface area (TPSA) is 41.6 Å². The van der Waals surface area contributed by atoms with E-state index in [1.807, 2.05) is 6.07 Å². The minimum Gasteiger partial charge on any atom is -0.378 e. The van der Waals surface area contributed by atoms with E-state index in [4.69, 9.17) is 16.3 Å². The first kappa shape index (κ1) is 19.5. The molecule has 1 N–H and O–H groups in total. The molecule has 2 aromatic rings. The predicted octanol–water partition coefficient (Wildman–Crippen LogP) is 4.38. The van der Waals surface area contributed by atoms with Crippen LogP contribution in [0.25, 0.3) is 0 Å². The fourth-order valence-electron chi connectivity index (χ4n) is 2.93. The van der Waals surface area contributed by atoms with E-state index in [0.29, 0.717) is 37.0 Å². The zero-order valence-corrected chi connectivity index (χ0v) is 15.1. The molecule has 1 heterocycles. The van der Waals surface area contributed by atoms with Gasteiger partial charge in [0.15, 0.2) is 0 Å². The first-order valence-corrected chi connectivity index (χ1v) is 8.79. The summed E-state index contributed by atoms with van der Waals surface area (Å²) in [6.45, 7) is 2.52. The largest absolute Gasteiger partial charge is 0.416 e. The molecule has 0 atom stereocenters. The number of nitrogens with zero attached hydrogens (tertiary/aromatic N) is 1. The van der Waals surface area contributed by atoms with Crippen molar-refractivity contribution in [2.45, 2.75) is 12.6 Å². The molecule has 1 aliphatic rings. The number of carbonyl (C=O) groups is 1. The van der Waals surface area contributed by atoms with Crippen LogP contribution in [0.2, 0.25) is 5.02 Å². The summed E-state index contributed by atoms with van der Waals surface area (Å²) in [6.07, 6.45) is -4.61. The van der Waals surface area contributed by atoms with Crippen LogP contribution in [0.15, 0.2) is 42.5 Å². The van der Waals surface area contributed by atoms with Crippen LogP contribution in [0.3, 0.4) is 0 Å². The van der Waals surface area contributed by atoms with Gasteiger partial charge < -0.3 is 15.0 Å². The summed E-state index contributed by atoms with van der Waals surface area (Å²) >= 11 is 6.05. The summed E-state index contributed by atoms with van der Waals surface area (Å²) in [5.74, 6) is -0.411. The number of morpholine rings is 1. The summed E-state index contributed by atoms with van der Waals surface area (Å²) < 4.78 is 43.8. The highest BCUT2D eigenvalue weighted by molar-refractivity contribution is 6.31. The summed E-state index contributed by atoms with van der Waals surface area (Å²) in [5, 5.41) is 3.23. The fraction of sp³-hybridized carbons (Fsp3) is 0.316. The molecule has 3 rings (SSSR count). The minimum absolute atomic E-state index is 0.168. The summed E-state index contributed by atoms with van der Waals surface area (Å²) in [5.41, 5.74) is 0.850. The molecule has 0 aromatic heterocycles. The average molecular weight is 399 g/mol. The number of nitrogens with one attached hydrogen (secondary N) is 1. The molecule has 0 bridgehead atoms. The second kappa shape index (κ2) is 8.19. The van der Waals surface area contributed by atoms with Gasteiger partial charge in [-0.1, -0.05) is 29.8 Å². The summed E-state index contributed by atoms with van der Waals surface area (Å²) in [7, 11) is 0. The average Bonchev–Trinajstić information content (AvgIpc) is 2.62. The number of amides is 1. The van der Waals surface area contributed by atoms with Crippen LogP contribution < -0.4 is 10.2 Å². The summed E-state index contributed by atoms with van der Waals surface area (Å²) in [4.78, 5) is 14.5. The van der Waals surface area contributed by atoms with Gasteiger partial charge in [0, 0.05) is 18.1 Å². The van der Waals surface area contributed by atoms with Gasteiger partial charge in [-0.2, -0.15) is 13.2 Å². The second-order valence-corrected chi connectivity index (χ2v) is 6.62. The van der Waals surface area contributed by atoms with E-state index in [2.05, 4.69) is 10.2 Å². The number of hydrogen-bond acceptors (Lipinski definition) is 3. The molecule has 1 aliphatic heterocycles. The van der Waals surface area contributed by atoms with Crippen molar-refractivity contribution in [3.63, 3.8) is 0 Å². The third-order valence-electron chi connectivity index (χ3n) is 4.20. The maximum absolute atomic E-state index is 12.8. The number of ether oxygens (including phenoxy) is 1. The molecular weight excluding hydrogens is 381 g/mol. The molecule has 0 aliphatic carbocycles. The molecule has 1 fully saturated rings. The maximum Gasteiger partial charge on any atom is 0.416 e. The Morgan fingerprint density at radius 3 is 2.59 bits per heavy atom. The van der Waals surface area contributed by atoms with Gasteiger partial charge in [0.05, 0.1) is 36.6 Å². The Labute approximate surface area is 159 Å². The standard InChI is InChI=1S/C19H18ClF3N2O2/c20-15-4-5-17(25-6-8-27-9-7-25)16(12-15)24-18(26)11-13-2-1-3-14(10-13)19(21,22)23/h1-5,10,12H,6-9,11H2,(H,24,26). The third-order valence-corrected chi connectivity index (χ3v) is 4.44. The lowest BCUT2D eigenvalue weighted by molar-refractivity contribution is -0.137. The van der Waals surface area contributed by atoms with Gasteiger partial charge in [0.25, 0.3) is 0 Å². The van der Waals surface area contributed by atoms with Crippen LogP contribution in [-0.2, 0) is 22.1 Å². The predicted molar refractivity (Wildman–Crippen MR) is 98.3 cm³/mol. The second-order valence-electron chi connectivity index (χ2n) is 6.18. The number of hydrogen-bond donors (Lipinski definition) is 1. The van der Waals surface area contributed by atoms with Crippen molar-refractivity contribution in [3.8, 4) is 0 Å². The van der Waals surface area contributed by atoms with Crippen LogP contribution >= 0.6 is 11.6 Å². The van der Waals surface area contributed by atoms with Gasteiger partial charge in [-0.25, -0.2) is 0 Å². The van der Waals surface area contributed by atoms with Crippen molar-refractivity contribution in [1.82, 2.24) is 0 Å². The number of halogens is 4. The van der Waals surface area contributed by atoms with Gasteiger partial charge in [-0.3, -0.25) is 4.79 Å². The Balaban J connectivity index is 1.75. The van der Waals surface area contributed by atoms with Gasteiger partial charge in [0.1, 0.15) is 0 Å². The number of anilines is 2. The molecule has 0 spiro atoms. The van der Waals surface area contributed by atoms with E-state index in [0.717, 1.165) is 17.8 Å². The number of benzene rings is 2. The Morgan fingerprint density at radius 2 is 1.89 bits per heavy atom. The Kier molecular flexibility index (Phi) is 5.92. The lowest BCUT2D eigenvalue weighted by Gasteiger charge is -2.30. The van der Waals surface area contributed by atoms with Gasteiger partial charge in [-0.05, 0) is 29.8 Å². The van der Waals surface area contributed by atoms with E-state index in [-0.39, 0.29) is 12.0 Å². The zero-order chi connectivity index (χ0) is 19.4. The van der Waals surface area contributed by atoms with Crippen LogP contribution in [0.5, 0.6) is 0 Å². The molecule has 8 heteroatoms. The highest BCUT2D eigenvalue weighted by atomic mass is 35.5. The first-order valence-electron chi connectivity index (χ1n) is 8.41.